The van der Waals surface area contributed by atoms with Crippen molar-refractivity contribution in [3.05, 3.63) is 400 Å². The van der Waals surface area contributed by atoms with Gasteiger partial charge in [0.25, 0.3) is 0 Å². The Balaban J connectivity index is 0.000000466. The second kappa shape index (κ2) is 65.6. The van der Waals surface area contributed by atoms with Crippen molar-refractivity contribution in [1.82, 2.24) is 19.9 Å². The molecule has 680 valence electrons. The molecule has 0 bridgehead atoms. The molecule has 20 rings (SSSR count). The Labute approximate surface area is 793 Å². The van der Waals surface area contributed by atoms with Crippen molar-refractivity contribution in [1.29, 1.82) is 0 Å². The van der Waals surface area contributed by atoms with E-state index in [0.717, 1.165) is 68.3 Å². The summed E-state index contributed by atoms with van der Waals surface area (Å²) in [4.78, 5) is 25.8. The fourth-order valence-electron chi connectivity index (χ4n) is 11.2. The van der Waals surface area contributed by atoms with Crippen molar-refractivity contribution in [2.75, 3.05) is 0 Å². The lowest BCUT2D eigenvalue weighted by atomic mass is 10.1. The van der Waals surface area contributed by atoms with Gasteiger partial charge in [-0.05, 0) is 292 Å². The molecule has 0 aliphatic rings. The van der Waals surface area contributed by atoms with E-state index in [0.29, 0.717) is 0 Å². The fraction of sp³-hybridized carbons (Fsp3) is 0.281. The summed E-state index contributed by atoms with van der Waals surface area (Å²) in [6, 6.07) is 91.6. The van der Waals surface area contributed by atoms with Gasteiger partial charge >= 0.3 is 0 Å². The minimum atomic E-state index is 0.968. The quantitative estimate of drug-likeness (QED) is 0.148. The number of aryl methyl sites for hydroxylation is 20. The summed E-state index contributed by atoms with van der Waals surface area (Å²) in [5, 5.41) is 7.75. The first-order valence-electron chi connectivity index (χ1n) is 44.5. The van der Waals surface area contributed by atoms with Crippen LogP contribution in [0.1, 0.15) is 191 Å². The highest BCUT2D eigenvalue weighted by Crippen LogP contribution is 2.33. The zero-order valence-electron chi connectivity index (χ0n) is 82.6. The van der Waals surface area contributed by atoms with Crippen LogP contribution in [0.3, 0.4) is 0 Å². The lowest BCUT2D eigenvalue weighted by Crippen LogP contribution is -1.84. The van der Waals surface area contributed by atoms with E-state index < -0.39 is 0 Å². The Hall–Kier alpha value is -10.9. The largest absolute Gasteiger partial charge is 0.467 e. The molecule has 0 saturated carbocycles. The molecule has 13 heterocycles. The minimum Gasteiger partial charge on any atom is -0.467 e. The molecule has 0 amide bonds. The monoisotopic (exact) mass is 1820 g/mol. The van der Waals surface area contributed by atoms with Crippen LogP contribution >= 0.6 is 68.0 Å². The van der Waals surface area contributed by atoms with Crippen LogP contribution in [-0.4, -0.2) is 19.9 Å². The molecule has 0 atom stereocenters. The van der Waals surface area contributed by atoms with Gasteiger partial charge in [0.15, 0.2) is 0 Å². The molecule has 20 aromatic rings. The number of pyridine rings is 2. The van der Waals surface area contributed by atoms with Crippen molar-refractivity contribution < 1.29 is 17.7 Å². The Bertz CT molecular complexity index is 5580. The van der Waals surface area contributed by atoms with Gasteiger partial charge in [-0.3, -0.25) is 19.9 Å². The summed E-state index contributed by atoms with van der Waals surface area (Å²) >= 11 is 11.1. The first-order chi connectivity index (χ1) is 61.6. The number of rotatable bonds is 0. The highest BCUT2D eigenvalue weighted by atomic mass is 32.1. The maximum absolute atomic E-state index is 5.45. The minimum absolute atomic E-state index is 0.968. The maximum Gasteiger partial charge on any atom is 0.145 e. The van der Waals surface area contributed by atoms with Crippen molar-refractivity contribution in [3.8, 4) is 0 Å². The van der Waals surface area contributed by atoms with Crippen LogP contribution in [0, 0.1) is 138 Å². The molecule has 0 saturated heterocycles. The molecule has 8 nitrogen and oxygen atoms in total. The smallest absolute Gasteiger partial charge is 0.145 e. The van der Waals surface area contributed by atoms with Crippen LogP contribution in [0.4, 0.5) is 0 Å². The highest BCUT2D eigenvalue weighted by Gasteiger charge is 2.05. The summed E-state index contributed by atoms with van der Waals surface area (Å²) in [6.45, 7) is 64.9. The molecule has 0 fully saturated rings. The molecule has 13 aromatic heterocycles. The molecule has 128 heavy (non-hydrogen) atoms. The first kappa shape index (κ1) is 113. The highest BCUT2D eigenvalue weighted by molar-refractivity contribution is 7.27. The van der Waals surface area contributed by atoms with E-state index in [1.807, 2.05) is 318 Å². The number of nitrogens with zero attached hydrogens (tertiary/aromatic N) is 4. The standard InChI is InChI=1S/C11H10.C10H10O.C10H10S.C9H8O.C9H8S.C8H8OS.C8H8S2.C7H9N.C6H8N2.C6H7N.C6H8O.C6H8S.C6H6.6C2H6/c1-9-6-7-10-4-2-3-5-11(10)8-9;2*1-7-3-4-9-6-8(2)11-10(9)5-7;2*1-7-6-8-4-2-3-5-9(8)10-7;1-5-3-8-7(9-5)4-6(2)10-8;1-5-3-7-8(9-5)4-6(2)10-7;1-6-3-4-7(2)8-5-6;1-5-3-8-6(2)4-7-5;1-6-4-2-3-5-7-6;2*1-5-3-4-6(2)7-5;1-2-4-6-5-3-1;6*1-2/h2-8H,1H3;2*3-6H,1-2H3;2*2-6H,1H3;2*3-4H,1-2H3;3-5H,1-2H3;3-4H,1-2H3;2-5H,1H3;2*3-4H,1-2H3;1-6H;6*1-2H3. The van der Waals surface area contributed by atoms with Crippen molar-refractivity contribution in [3.63, 3.8) is 0 Å². The topological polar surface area (TPSA) is 104 Å². The fourth-order valence-corrected chi connectivity index (χ4v) is 17.1. The van der Waals surface area contributed by atoms with Gasteiger partial charge < -0.3 is 17.7 Å². The van der Waals surface area contributed by atoms with Gasteiger partial charge in [-0.25, -0.2) is 0 Å². The molecular weight excluding hydrogens is 1680 g/mol. The van der Waals surface area contributed by atoms with Gasteiger partial charge in [-0.1, -0.05) is 240 Å². The number of aromatic nitrogens is 4. The molecule has 14 heteroatoms. The van der Waals surface area contributed by atoms with Gasteiger partial charge in [0.2, 0.25) is 0 Å². The van der Waals surface area contributed by atoms with Crippen molar-refractivity contribution in [2.45, 2.75) is 222 Å². The van der Waals surface area contributed by atoms with Crippen LogP contribution < -0.4 is 0 Å². The molecule has 0 aliphatic carbocycles. The molecular formula is C114H144N4O4S6. The van der Waals surface area contributed by atoms with Gasteiger partial charge in [0.05, 0.1) is 16.1 Å². The second-order valence-corrected chi connectivity index (χ2v) is 36.0. The summed E-state index contributed by atoms with van der Waals surface area (Å²) in [6.07, 6.45) is 7.18. The van der Waals surface area contributed by atoms with Crippen molar-refractivity contribution >= 4 is 141 Å². The number of para-hydroxylation sites is 1. The average molecular weight is 1830 g/mol. The number of hydrogen-bond acceptors (Lipinski definition) is 14. The summed E-state index contributed by atoms with van der Waals surface area (Å²) in [7, 11) is 0. The average Bonchev–Trinajstić information content (AvgIpc) is 1.70. The SMILES string of the molecule is CC.CC.CC.CC.CC.CC.Cc1cc2ccccc2o1.Cc1cc2ccccc2s1.Cc1cc2sc(C)cc2o1.Cc1cc2sc(C)cc2s1.Cc1ccc(C)nc1.Cc1ccc(C)o1.Cc1ccc(C)s1.Cc1ccc2cc(C)oc2c1.Cc1ccc2cc(C)sc2c1.Cc1ccc2ccccc2c1.Cc1ccccn1.Cc1cnc(C)cn1.c1ccccc1. The van der Waals surface area contributed by atoms with Gasteiger partial charge in [-0.2, -0.15) is 0 Å². The molecule has 7 aromatic carbocycles. The van der Waals surface area contributed by atoms with Crippen molar-refractivity contribution in [2.24, 2.45) is 0 Å². The Morgan fingerprint density at radius 2 is 0.555 bits per heavy atom. The molecule has 0 spiro atoms. The number of furan rings is 4. The Morgan fingerprint density at radius 3 is 0.992 bits per heavy atom. The van der Waals surface area contributed by atoms with E-state index in [9.17, 15) is 0 Å². The van der Waals surface area contributed by atoms with E-state index >= 15 is 0 Å². The van der Waals surface area contributed by atoms with Crippen LogP contribution in [-0.2, 0) is 0 Å². The number of hydrogen-bond donors (Lipinski definition) is 0. The third kappa shape index (κ3) is 45.7. The van der Waals surface area contributed by atoms with Gasteiger partial charge in [-0.15, -0.1) is 68.0 Å². The predicted molar refractivity (Wildman–Crippen MR) is 577 cm³/mol. The van der Waals surface area contributed by atoms with E-state index in [-0.39, 0.29) is 0 Å². The summed E-state index contributed by atoms with van der Waals surface area (Å²) in [5.74, 6) is 4.92. The maximum atomic E-state index is 5.45. The Morgan fingerprint density at radius 1 is 0.180 bits per heavy atom. The molecule has 0 unspecified atom stereocenters. The number of fused-ring (bicyclic) bond motifs is 7. The van der Waals surface area contributed by atoms with E-state index in [2.05, 4.69) is 253 Å². The van der Waals surface area contributed by atoms with E-state index in [1.54, 1.807) is 29.9 Å². The molecule has 0 radical (unpaired) electrons. The lowest BCUT2D eigenvalue weighted by molar-refractivity contribution is 0.504. The normalized spacial score (nSPS) is 9.41. The Kier molecular flexibility index (Phi) is 58.0. The summed E-state index contributed by atoms with van der Waals surface area (Å²) < 4.78 is 28.2. The number of benzene rings is 7. The predicted octanol–water partition coefficient (Wildman–Crippen LogP) is 38.6. The summed E-state index contributed by atoms with van der Waals surface area (Å²) in [5.41, 5.74) is 12.2. The van der Waals surface area contributed by atoms with Crippen LogP contribution in [0.15, 0.2) is 309 Å². The first-order valence-corrected chi connectivity index (χ1v) is 49.4. The lowest BCUT2D eigenvalue weighted by Gasteiger charge is -1.96. The van der Waals surface area contributed by atoms with Crippen LogP contribution in [0.5, 0.6) is 0 Å². The number of thiophene rings is 6. The van der Waals surface area contributed by atoms with Gasteiger partial charge in [0.1, 0.15) is 45.6 Å². The third-order valence-electron chi connectivity index (χ3n) is 16.7. The van der Waals surface area contributed by atoms with Crippen LogP contribution in [0.2, 0.25) is 0 Å². The third-order valence-corrected chi connectivity index (χ3v) is 22.8. The second-order valence-electron chi connectivity index (χ2n) is 28.0. The van der Waals surface area contributed by atoms with E-state index in [1.165, 1.54) is 112 Å². The zero-order chi connectivity index (χ0) is 95.5. The molecule has 0 N–H and O–H groups in total. The molecule has 0 aliphatic heterocycles. The van der Waals surface area contributed by atoms with Crippen LogP contribution in [0.25, 0.3) is 72.6 Å². The van der Waals surface area contributed by atoms with E-state index in [4.69, 9.17) is 17.7 Å². The van der Waals surface area contributed by atoms with Gasteiger partial charge in [0, 0.05) is 99.9 Å². The zero-order valence-corrected chi connectivity index (χ0v) is 87.5.